The molecule has 19 heavy (non-hydrogen) atoms. The Kier molecular flexibility index (Phi) is 5.36. The largest absolute Gasteiger partial charge is 0.481 e. The molecular formula is C14H19NO4. The smallest absolute Gasteiger partial charge is 0.322 e. The van der Waals surface area contributed by atoms with Crippen LogP contribution in [0.3, 0.4) is 0 Å². The van der Waals surface area contributed by atoms with Crippen LogP contribution in [0, 0.1) is 0 Å². The molecule has 0 aromatic heterocycles. The van der Waals surface area contributed by atoms with Crippen LogP contribution in [-0.4, -0.2) is 29.6 Å². The molecule has 0 aliphatic rings. The molecule has 1 rings (SSSR count). The van der Waals surface area contributed by atoms with Crippen LogP contribution in [0.2, 0.25) is 0 Å². The van der Waals surface area contributed by atoms with Crippen LogP contribution < -0.4 is 10.1 Å². The standard InChI is InChI=1S/C14H19NO4/c1-9(2)11-6-4-5-7-12(11)19-10(3)14(18)15-8-13(16)17/h4-7,9-10H,8H2,1-3H3,(H,15,18)(H,16,17). The van der Waals surface area contributed by atoms with Crippen LogP contribution in [0.25, 0.3) is 0 Å². The van der Waals surface area contributed by atoms with Gasteiger partial charge < -0.3 is 15.2 Å². The molecule has 1 aromatic carbocycles. The maximum Gasteiger partial charge on any atom is 0.322 e. The third-order valence-electron chi connectivity index (χ3n) is 2.63. The van der Waals surface area contributed by atoms with E-state index in [1.807, 2.05) is 32.0 Å². The van der Waals surface area contributed by atoms with Crippen LogP contribution in [0.1, 0.15) is 32.3 Å². The lowest BCUT2D eigenvalue weighted by molar-refractivity contribution is -0.139. The summed E-state index contributed by atoms with van der Waals surface area (Å²) >= 11 is 0. The Morgan fingerprint density at radius 2 is 1.89 bits per heavy atom. The van der Waals surface area contributed by atoms with Crippen molar-refractivity contribution in [2.24, 2.45) is 0 Å². The van der Waals surface area contributed by atoms with Gasteiger partial charge >= 0.3 is 5.97 Å². The van der Waals surface area contributed by atoms with Gasteiger partial charge in [-0.15, -0.1) is 0 Å². The van der Waals surface area contributed by atoms with E-state index >= 15 is 0 Å². The van der Waals surface area contributed by atoms with E-state index in [1.165, 1.54) is 0 Å². The zero-order valence-corrected chi connectivity index (χ0v) is 11.3. The minimum absolute atomic E-state index is 0.283. The highest BCUT2D eigenvalue weighted by molar-refractivity contribution is 5.84. The van der Waals surface area contributed by atoms with E-state index < -0.39 is 24.5 Å². The fraction of sp³-hybridized carbons (Fsp3) is 0.429. The number of benzene rings is 1. The van der Waals surface area contributed by atoms with Crippen molar-refractivity contribution in [2.75, 3.05) is 6.54 Å². The molecule has 5 nitrogen and oxygen atoms in total. The van der Waals surface area contributed by atoms with Crippen molar-refractivity contribution in [3.05, 3.63) is 29.8 Å². The number of para-hydroxylation sites is 1. The summed E-state index contributed by atoms with van der Waals surface area (Å²) in [6.07, 6.45) is -0.737. The molecule has 5 heteroatoms. The Labute approximate surface area is 112 Å². The zero-order chi connectivity index (χ0) is 14.4. The van der Waals surface area contributed by atoms with Crippen molar-refractivity contribution >= 4 is 11.9 Å². The number of carboxylic acids is 1. The van der Waals surface area contributed by atoms with Gasteiger partial charge in [0.15, 0.2) is 6.10 Å². The highest BCUT2D eigenvalue weighted by Crippen LogP contribution is 2.26. The maximum atomic E-state index is 11.6. The Morgan fingerprint density at radius 1 is 1.26 bits per heavy atom. The first kappa shape index (κ1) is 15.0. The number of carbonyl (C=O) groups excluding carboxylic acids is 1. The Balaban J connectivity index is 2.68. The van der Waals surface area contributed by atoms with E-state index in [0.29, 0.717) is 5.75 Å². The van der Waals surface area contributed by atoms with E-state index in [-0.39, 0.29) is 5.92 Å². The fourth-order valence-electron chi connectivity index (χ4n) is 1.62. The van der Waals surface area contributed by atoms with Crippen LogP contribution in [0.4, 0.5) is 0 Å². The molecule has 0 bridgehead atoms. The Hall–Kier alpha value is -2.04. The molecule has 1 atom stereocenters. The number of hydrogen-bond donors (Lipinski definition) is 2. The molecule has 0 aliphatic carbocycles. The quantitative estimate of drug-likeness (QED) is 0.822. The van der Waals surface area contributed by atoms with E-state index in [2.05, 4.69) is 5.32 Å². The number of rotatable bonds is 6. The van der Waals surface area contributed by atoms with Gasteiger partial charge in [-0.2, -0.15) is 0 Å². The third-order valence-corrected chi connectivity index (χ3v) is 2.63. The molecule has 0 saturated carbocycles. The van der Waals surface area contributed by atoms with Crippen molar-refractivity contribution in [1.29, 1.82) is 0 Å². The van der Waals surface area contributed by atoms with Crippen molar-refractivity contribution in [3.63, 3.8) is 0 Å². The van der Waals surface area contributed by atoms with Crippen LogP contribution in [-0.2, 0) is 9.59 Å². The molecule has 0 radical (unpaired) electrons. The lowest BCUT2D eigenvalue weighted by atomic mass is 10.0. The van der Waals surface area contributed by atoms with E-state index in [1.54, 1.807) is 13.0 Å². The summed E-state index contributed by atoms with van der Waals surface area (Å²) in [5, 5.41) is 10.8. The number of carboxylic acid groups (broad SMARTS) is 1. The molecule has 0 spiro atoms. The first-order valence-electron chi connectivity index (χ1n) is 6.17. The maximum absolute atomic E-state index is 11.6. The molecule has 0 saturated heterocycles. The minimum atomic E-state index is -1.08. The molecule has 104 valence electrons. The van der Waals surface area contributed by atoms with Gasteiger partial charge in [-0.3, -0.25) is 9.59 Å². The van der Waals surface area contributed by atoms with Gasteiger partial charge in [0, 0.05) is 0 Å². The number of nitrogens with one attached hydrogen (secondary N) is 1. The molecule has 0 fully saturated rings. The second kappa shape index (κ2) is 6.78. The summed E-state index contributed by atoms with van der Waals surface area (Å²) in [6.45, 7) is 5.27. The first-order chi connectivity index (χ1) is 8.91. The van der Waals surface area contributed by atoms with Crippen molar-refractivity contribution in [2.45, 2.75) is 32.8 Å². The van der Waals surface area contributed by atoms with Gasteiger partial charge in [0.2, 0.25) is 0 Å². The minimum Gasteiger partial charge on any atom is -0.481 e. The van der Waals surface area contributed by atoms with Crippen LogP contribution in [0.15, 0.2) is 24.3 Å². The lowest BCUT2D eigenvalue weighted by Crippen LogP contribution is -2.39. The summed E-state index contributed by atoms with van der Waals surface area (Å²) in [6, 6.07) is 7.50. The second-order valence-electron chi connectivity index (χ2n) is 4.56. The summed E-state index contributed by atoms with van der Waals surface area (Å²) in [4.78, 5) is 22.0. The zero-order valence-electron chi connectivity index (χ0n) is 11.3. The molecule has 1 amide bonds. The fourth-order valence-corrected chi connectivity index (χ4v) is 1.62. The number of aliphatic carboxylic acids is 1. The van der Waals surface area contributed by atoms with E-state index in [4.69, 9.17) is 9.84 Å². The highest BCUT2D eigenvalue weighted by atomic mass is 16.5. The lowest BCUT2D eigenvalue weighted by Gasteiger charge is -2.18. The molecule has 0 heterocycles. The summed E-state index contributed by atoms with van der Waals surface area (Å²) < 4.78 is 5.60. The number of ether oxygens (including phenoxy) is 1. The molecular weight excluding hydrogens is 246 g/mol. The highest BCUT2D eigenvalue weighted by Gasteiger charge is 2.17. The average molecular weight is 265 g/mol. The first-order valence-corrected chi connectivity index (χ1v) is 6.17. The van der Waals surface area contributed by atoms with Crippen molar-refractivity contribution < 1.29 is 19.4 Å². The van der Waals surface area contributed by atoms with Crippen LogP contribution in [0.5, 0.6) is 5.75 Å². The van der Waals surface area contributed by atoms with Gasteiger partial charge in [0.1, 0.15) is 12.3 Å². The summed E-state index contributed by atoms with van der Waals surface area (Å²) in [5.74, 6) is -0.593. The Morgan fingerprint density at radius 3 is 2.47 bits per heavy atom. The normalized spacial score (nSPS) is 12.0. The summed E-state index contributed by atoms with van der Waals surface area (Å²) in [7, 11) is 0. The van der Waals surface area contributed by atoms with Crippen molar-refractivity contribution in [1.82, 2.24) is 5.32 Å². The third kappa shape index (κ3) is 4.62. The topological polar surface area (TPSA) is 75.6 Å². The molecule has 0 aliphatic heterocycles. The number of hydrogen-bond acceptors (Lipinski definition) is 3. The summed E-state index contributed by atoms with van der Waals surface area (Å²) in [5.41, 5.74) is 1.01. The van der Waals surface area contributed by atoms with E-state index in [0.717, 1.165) is 5.56 Å². The number of carbonyl (C=O) groups is 2. The molecule has 1 unspecified atom stereocenters. The van der Waals surface area contributed by atoms with Crippen molar-refractivity contribution in [3.8, 4) is 5.75 Å². The Bertz CT molecular complexity index is 457. The van der Waals surface area contributed by atoms with Gasteiger partial charge in [0.25, 0.3) is 5.91 Å². The predicted octanol–water partition coefficient (Wildman–Crippen LogP) is 1.78. The SMILES string of the molecule is CC(Oc1ccccc1C(C)C)C(=O)NCC(=O)O. The van der Waals surface area contributed by atoms with Crippen LogP contribution >= 0.6 is 0 Å². The monoisotopic (exact) mass is 265 g/mol. The van der Waals surface area contributed by atoms with Gasteiger partial charge in [-0.05, 0) is 24.5 Å². The molecule has 2 N–H and O–H groups in total. The van der Waals surface area contributed by atoms with Gasteiger partial charge in [-0.1, -0.05) is 32.0 Å². The average Bonchev–Trinajstić information content (AvgIpc) is 2.36. The predicted molar refractivity (Wildman–Crippen MR) is 71.3 cm³/mol. The number of amides is 1. The molecule has 1 aromatic rings. The van der Waals surface area contributed by atoms with Gasteiger partial charge in [0.05, 0.1) is 0 Å². The van der Waals surface area contributed by atoms with Gasteiger partial charge in [-0.25, -0.2) is 0 Å². The van der Waals surface area contributed by atoms with E-state index in [9.17, 15) is 9.59 Å². The second-order valence-corrected chi connectivity index (χ2v) is 4.56.